The molecule has 2 rings (SSSR count). The molecule has 0 bridgehead atoms. The molecular weight excluding hydrogens is 355 g/mol. The van der Waals surface area contributed by atoms with Crippen LogP contribution in [0.15, 0.2) is 42.5 Å². The highest BCUT2D eigenvalue weighted by molar-refractivity contribution is 6.42. The molecule has 0 aliphatic carbocycles. The summed E-state index contributed by atoms with van der Waals surface area (Å²) in [5, 5.41) is 7.66. The third kappa shape index (κ3) is 6.40. The molecule has 2 aromatic rings. The van der Waals surface area contributed by atoms with Gasteiger partial charge >= 0.3 is 0 Å². The Bertz CT molecular complexity index is 659. The summed E-state index contributed by atoms with van der Waals surface area (Å²) in [6.07, 6.45) is 1.28. The van der Waals surface area contributed by atoms with E-state index in [1.807, 2.05) is 24.3 Å². The van der Waals surface area contributed by atoms with Gasteiger partial charge in [-0.15, -0.1) is 0 Å². The molecule has 0 fully saturated rings. The highest BCUT2D eigenvalue weighted by Gasteiger charge is 2.04. The van der Waals surface area contributed by atoms with Gasteiger partial charge in [0.25, 0.3) is 0 Å². The lowest BCUT2D eigenvalue weighted by molar-refractivity contribution is -0.116. The molecule has 0 spiro atoms. The third-order valence-electron chi connectivity index (χ3n) is 3.24. The lowest BCUT2D eigenvalue weighted by atomic mass is 10.1. The number of carbonyl (C=O) groups is 1. The van der Waals surface area contributed by atoms with Crippen LogP contribution >= 0.6 is 34.8 Å². The van der Waals surface area contributed by atoms with E-state index in [-0.39, 0.29) is 5.91 Å². The van der Waals surface area contributed by atoms with Crippen molar-refractivity contribution < 1.29 is 4.79 Å². The summed E-state index contributed by atoms with van der Waals surface area (Å²) in [5.41, 5.74) is 1.85. The Hall–Kier alpha value is -1.26. The Morgan fingerprint density at radius 3 is 2.35 bits per heavy atom. The normalized spacial score (nSPS) is 10.6. The van der Waals surface area contributed by atoms with Crippen molar-refractivity contribution >= 4 is 46.4 Å². The van der Waals surface area contributed by atoms with Gasteiger partial charge < -0.3 is 10.6 Å². The van der Waals surface area contributed by atoms with Gasteiger partial charge in [-0.2, -0.15) is 0 Å². The van der Waals surface area contributed by atoms with Gasteiger partial charge in [-0.25, -0.2) is 0 Å². The van der Waals surface area contributed by atoms with Gasteiger partial charge in [0.2, 0.25) is 5.91 Å². The van der Waals surface area contributed by atoms with Crippen LogP contribution in [0.1, 0.15) is 12.0 Å². The standard InChI is InChI=1S/C17H17Cl3N2O/c18-13-3-1-12(2-4-13)7-9-21-10-8-17(23)22-14-5-6-15(19)16(20)11-14/h1-6,11,21H,7-10H2,(H,22,23). The van der Waals surface area contributed by atoms with E-state index in [2.05, 4.69) is 10.6 Å². The van der Waals surface area contributed by atoms with Gasteiger partial charge in [0, 0.05) is 23.7 Å². The highest BCUT2D eigenvalue weighted by Crippen LogP contribution is 2.24. The monoisotopic (exact) mass is 370 g/mol. The first-order valence-electron chi connectivity index (χ1n) is 7.24. The number of amides is 1. The van der Waals surface area contributed by atoms with Crippen molar-refractivity contribution in [2.75, 3.05) is 18.4 Å². The van der Waals surface area contributed by atoms with E-state index in [1.165, 1.54) is 5.56 Å². The van der Waals surface area contributed by atoms with Crippen molar-refractivity contribution in [2.45, 2.75) is 12.8 Å². The molecule has 6 heteroatoms. The van der Waals surface area contributed by atoms with E-state index in [1.54, 1.807) is 18.2 Å². The molecule has 0 aliphatic rings. The lowest BCUT2D eigenvalue weighted by Crippen LogP contribution is -2.23. The highest BCUT2D eigenvalue weighted by atomic mass is 35.5. The molecule has 0 atom stereocenters. The van der Waals surface area contributed by atoms with Crippen LogP contribution in [0.25, 0.3) is 0 Å². The third-order valence-corrected chi connectivity index (χ3v) is 4.23. The number of rotatable bonds is 7. The van der Waals surface area contributed by atoms with Gasteiger partial charge in [0.1, 0.15) is 0 Å². The Labute approximate surface area is 150 Å². The summed E-state index contributed by atoms with van der Waals surface area (Å²) >= 11 is 17.6. The average Bonchev–Trinajstić information content (AvgIpc) is 2.52. The second-order valence-electron chi connectivity index (χ2n) is 5.05. The minimum atomic E-state index is -0.0672. The first-order valence-corrected chi connectivity index (χ1v) is 8.38. The molecule has 0 aromatic heterocycles. The van der Waals surface area contributed by atoms with E-state index in [4.69, 9.17) is 34.8 Å². The van der Waals surface area contributed by atoms with Crippen molar-refractivity contribution in [3.8, 4) is 0 Å². The zero-order valence-electron chi connectivity index (χ0n) is 12.4. The lowest BCUT2D eigenvalue weighted by Gasteiger charge is -2.07. The van der Waals surface area contributed by atoms with Gasteiger partial charge in [-0.1, -0.05) is 46.9 Å². The molecular formula is C17H17Cl3N2O. The SMILES string of the molecule is O=C(CCNCCc1ccc(Cl)cc1)Nc1ccc(Cl)c(Cl)c1. The number of carbonyl (C=O) groups excluding carboxylic acids is 1. The van der Waals surface area contributed by atoms with Crippen LogP contribution in [-0.4, -0.2) is 19.0 Å². The van der Waals surface area contributed by atoms with Crippen molar-refractivity contribution in [3.05, 3.63) is 63.1 Å². The maximum atomic E-state index is 11.8. The molecule has 2 N–H and O–H groups in total. The van der Waals surface area contributed by atoms with Crippen LogP contribution in [-0.2, 0) is 11.2 Å². The van der Waals surface area contributed by atoms with Crippen molar-refractivity contribution in [2.24, 2.45) is 0 Å². The molecule has 3 nitrogen and oxygen atoms in total. The fraction of sp³-hybridized carbons (Fsp3) is 0.235. The summed E-state index contributed by atoms with van der Waals surface area (Å²) < 4.78 is 0. The molecule has 23 heavy (non-hydrogen) atoms. The fourth-order valence-electron chi connectivity index (χ4n) is 2.01. The number of hydrogen-bond acceptors (Lipinski definition) is 2. The Morgan fingerprint density at radius 2 is 1.65 bits per heavy atom. The van der Waals surface area contributed by atoms with E-state index in [0.717, 1.165) is 18.0 Å². The van der Waals surface area contributed by atoms with Crippen LogP contribution in [0.5, 0.6) is 0 Å². The molecule has 122 valence electrons. The van der Waals surface area contributed by atoms with Crippen LogP contribution in [0.2, 0.25) is 15.1 Å². The first-order chi connectivity index (χ1) is 11.0. The summed E-state index contributed by atoms with van der Waals surface area (Å²) in [7, 11) is 0. The van der Waals surface area contributed by atoms with Crippen LogP contribution in [0.3, 0.4) is 0 Å². The van der Waals surface area contributed by atoms with Gasteiger partial charge in [-0.3, -0.25) is 4.79 Å². The Morgan fingerprint density at radius 1 is 0.913 bits per heavy atom. The zero-order chi connectivity index (χ0) is 16.7. The quantitative estimate of drug-likeness (QED) is 0.686. The Balaban J connectivity index is 1.64. The van der Waals surface area contributed by atoms with Crippen molar-refractivity contribution in [1.82, 2.24) is 5.32 Å². The first kappa shape index (κ1) is 18.1. The molecule has 2 aromatic carbocycles. The maximum absolute atomic E-state index is 11.8. The predicted molar refractivity (Wildman–Crippen MR) is 97.7 cm³/mol. The fourth-order valence-corrected chi connectivity index (χ4v) is 2.43. The summed E-state index contributed by atoms with van der Waals surface area (Å²) in [6, 6.07) is 12.8. The second kappa shape index (κ2) is 9.14. The molecule has 0 saturated carbocycles. The summed E-state index contributed by atoms with van der Waals surface area (Å²) in [6.45, 7) is 1.42. The maximum Gasteiger partial charge on any atom is 0.225 e. The number of benzene rings is 2. The van der Waals surface area contributed by atoms with Crippen molar-refractivity contribution in [1.29, 1.82) is 0 Å². The van der Waals surface area contributed by atoms with Crippen LogP contribution < -0.4 is 10.6 Å². The second-order valence-corrected chi connectivity index (χ2v) is 6.30. The van der Waals surface area contributed by atoms with Crippen LogP contribution in [0, 0.1) is 0 Å². The van der Waals surface area contributed by atoms with Gasteiger partial charge in [0.05, 0.1) is 10.0 Å². The predicted octanol–water partition coefficient (Wildman–Crippen LogP) is 4.81. The minimum absolute atomic E-state index is 0.0672. The molecule has 0 saturated heterocycles. The molecule has 0 heterocycles. The van der Waals surface area contributed by atoms with Gasteiger partial charge in [0.15, 0.2) is 0 Å². The smallest absolute Gasteiger partial charge is 0.225 e. The number of hydrogen-bond donors (Lipinski definition) is 2. The van der Waals surface area contributed by atoms with E-state index in [0.29, 0.717) is 28.7 Å². The molecule has 0 aliphatic heterocycles. The number of anilines is 1. The van der Waals surface area contributed by atoms with Crippen LogP contribution in [0.4, 0.5) is 5.69 Å². The van der Waals surface area contributed by atoms with Gasteiger partial charge in [-0.05, 0) is 48.9 Å². The average molecular weight is 372 g/mol. The number of halogens is 3. The number of nitrogens with one attached hydrogen (secondary N) is 2. The van der Waals surface area contributed by atoms with E-state index in [9.17, 15) is 4.79 Å². The largest absolute Gasteiger partial charge is 0.326 e. The topological polar surface area (TPSA) is 41.1 Å². The zero-order valence-corrected chi connectivity index (χ0v) is 14.7. The van der Waals surface area contributed by atoms with E-state index >= 15 is 0 Å². The summed E-state index contributed by atoms with van der Waals surface area (Å²) in [4.78, 5) is 11.8. The van der Waals surface area contributed by atoms with Crippen molar-refractivity contribution in [3.63, 3.8) is 0 Å². The minimum Gasteiger partial charge on any atom is -0.326 e. The van der Waals surface area contributed by atoms with E-state index < -0.39 is 0 Å². The Kier molecular flexibility index (Phi) is 7.18. The summed E-state index contributed by atoms with van der Waals surface area (Å²) in [5.74, 6) is -0.0672. The molecule has 0 radical (unpaired) electrons. The molecule has 0 unspecified atom stereocenters. The molecule has 1 amide bonds.